The van der Waals surface area contributed by atoms with Crippen molar-refractivity contribution in [1.82, 2.24) is 0 Å². The molecule has 0 radical (unpaired) electrons. The fourth-order valence-corrected chi connectivity index (χ4v) is 2.11. The van der Waals surface area contributed by atoms with E-state index in [9.17, 15) is 4.79 Å². The van der Waals surface area contributed by atoms with Crippen molar-refractivity contribution < 1.29 is 14.3 Å². The van der Waals surface area contributed by atoms with Gasteiger partial charge in [-0.05, 0) is 55.8 Å². The van der Waals surface area contributed by atoms with Crippen LogP contribution in [0.15, 0.2) is 48.5 Å². The Morgan fingerprint density at radius 3 is 2.00 bits per heavy atom. The van der Waals surface area contributed by atoms with Crippen LogP contribution >= 0.6 is 0 Å². The number of methoxy groups -OCH3 is 1. The van der Waals surface area contributed by atoms with Gasteiger partial charge in [0, 0.05) is 11.1 Å². The molecule has 2 aromatic carbocycles. The largest absolute Gasteiger partial charge is 0.494 e. The second-order valence-electron chi connectivity index (χ2n) is 5.07. The minimum absolute atomic E-state index is 0.238. The monoisotopic (exact) mass is 308 g/mol. The molecule has 0 aliphatic rings. The van der Waals surface area contributed by atoms with Crippen LogP contribution in [0.25, 0.3) is 0 Å². The Balaban J connectivity index is 2.08. The average molecular weight is 308 g/mol. The third kappa shape index (κ3) is 4.62. The summed E-state index contributed by atoms with van der Waals surface area (Å²) in [4.78, 5) is 11.5. The van der Waals surface area contributed by atoms with Crippen molar-refractivity contribution in [2.24, 2.45) is 0 Å². The van der Waals surface area contributed by atoms with Gasteiger partial charge in [0.1, 0.15) is 5.75 Å². The summed E-state index contributed by atoms with van der Waals surface area (Å²) in [6.07, 6.45) is 0. The van der Waals surface area contributed by atoms with Gasteiger partial charge in [-0.2, -0.15) is 0 Å². The molecule has 118 valence electrons. The highest BCUT2D eigenvalue weighted by Gasteiger charge is 2.14. The molecule has 0 amide bonds. The highest BCUT2D eigenvalue weighted by atomic mass is 16.5. The first kappa shape index (κ1) is 16.6. The molecule has 2 aromatic rings. The highest BCUT2D eigenvalue weighted by molar-refractivity contribution is 5.77. The molecule has 23 heavy (non-hydrogen) atoms. The lowest BCUT2D eigenvalue weighted by Gasteiger charge is -2.08. The van der Waals surface area contributed by atoms with Crippen molar-refractivity contribution in [3.05, 3.63) is 65.2 Å². The SMILES string of the molecule is CCOc1ccc(C#Cc2ccc([C@H](C)C(=O)OC)cc2)cc1. The molecule has 0 unspecified atom stereocenters. The number of carbonyl (C=O) groups excluding carboxylic acids is 1. The van der Waals surface area contributed by atoms with Gasteiger partial charge < -0.3 is 9.47 Å². The van der Waals surface area contributed by atoms with Crippen LogP contribution in [0.5, 0.6) is 5.75 Å². The maximum atomic E-state index is 11.5. The molecule has 2 rings (SSSR count). The van der Waals surface area contributed by atoms with Crippen molar-refractivity contribution in [2.75, 3.05) is 13.7 Å². The van der Waals surface area contributed by atoms with E-state index in [4.69, 9.17) is 9.47 Å². The van der Waals surface area contributed by atoms with E-state index < -0.39 is 0 Å². The Kier molecular flexibility index (Phi) is 5.82. The van der Waals surface area contributed by atoms with E-state index >= 15 is 0 Å². The zero-order valence-electron chi connectivity index (χ0n) is 13.6. The number of carbonyl (C=O) groups is 1. The third-order valence-electron chi connectivity index (χ3n) is 3.48. The molecule has 0 saturated carbocycles. The van der Waals surface area contributed by atoms with Crippen molar-refractivity contribution in [1.29, 1.82) is 0 Å². The maximum absolute atomic E-state index is 11.5. The first-order chi connectivity index (χ1) is 11.1. The van der Waals surface area contributed by atoms with E-state index in [0.717, 1.165) is 22.4 Å². The number of hydrogen-bond acceptors (Lipinski definition) is 3. The lowest BCUT2D eigenvalue weighted by molar-refractivity contribution is -0.141. The Labute approximate surface area is 137 Å². The van der Waals surface area contributed by atoms with Crippen LogP contribution in [0.4, 0.5) is 0 Å². The van der Waals surface area contributed by atoms with E-state index in [2.05, 4.69) is 11.8 Å². The van der Waals surface area contributed by atoms with E-state index in [1.54, 1.807) is 0 Å². The van der Waals surface area contributed by atoms with Gasteiger partial charge >= 0.3 is 5.97 Å². The summed E-state index contributed by atoms with van der Waals surface area (Å²) in [7, 11) is 1.40. The maximum Gasteiger partial charge on any atom is 0.312 e. The minimum atomic E-state index is -0.270. The van der Waals surface area contributed by atoms with Gasteiger partial charge in [-0.3, -0.25) is 4.79 Å². The van der Waals surface area contributed by atoms with Crippen LogP contribution in [0, 0.1) is 11.8 Å². The zero-order valence-corrected chi connectivity index (χ0v) is 13.6. The Hall–Kier alpha value is -2.73. The van der Waals surface area contributed by atoms with Gasteiger partial charge in [-0.15, -0.1) is 0 Å². The van der Waals surface area contributed by atoms with Crippen LogP contribution in [0.1, 0.15) is 36.5 Å². The Morgan fingerprint density at radius 1 is 1.00 bits per heavy atom. The van der Waals surface area contributed by atoms with E-state index in [1.807, 2.05) is 62.4 Å². The quantitative estimate of drug-likeness (QED) is 0.637. The normalized spacial score (nSPS) is 11.1. The van der Waals surface area contributed by atoms with Crippen molar-refractivity contribution in [3.8, 4) is 17.6 Å². The predicted molar refractivity (Wildman–Crippen MR) is 90.5 cm³/mol. The third-order valence-corrected chi connectivity index (χ3v) is 3.48. The number of rotatable bonds is 4. The van der Waals surface area contributed by atoms with Crippen LogP contribution in [0.3, 0.4) is 0 Å². The number of hydrogen-bond donors (Lipinski definition) is 0. The number of esters is 1. The van der Waals surface area contributed by atoms with Gasteiger partial charge in [0.05, 0.1) is 19.6 Å². The molecular weight excluding hydrogens is 288 g/mol. The van der Waals surface area contributed by atoms with E-state index in [1.165, 1.54) is 7.11 Å². The molecule has 0 saturated heterocycles. The van der Waals surface area contributed by atoms with E-state index in [-0.39, 0.29) is 11.9 Å². The van der Waals surface area contributed by atoms with Gasteiger partial charge in [0.25, 0.3) is 0 Å². The summed E-state index contributed by atoms with van der Waals surface area (Å²) in [6.45, 7) is 4.44. The molecule has 0 bridgehead atoms. The molecule has 0 spiro atoms. The molecule has 1 atom stereocenters. The van der Waals surface area contributed by atoms with Crippen LogP contribution in [-0.4, -0.2) is 19.7 Å². The summed E-state index contributed by atoms with van der Waals surface area (Å²) in [5, 5.41) is 0. The van der Waals surface area contributed by atoms with Crippen LogP contribution < -0.4 is 4.74 Å². The molecule has 0 N–H and O–H groups in total. The van der Waals surface area contributed by atoms with Gasteiger partial charge in [0.15, 0.2) is 0 Å². The second kappa shape index (κ2) is 8.05. The standard InChI is InChI=1S/C20H20O3/c1-4-23-19-13-9-17(10-14-19)6-5-16-7-11-18(12-8-16)15(2)20(21)22-3/h7-15H,4H2,1-3H3/t15-/m0/s1. The Morgan fingerprint density at radius 2 is 1.52 bits per heavy atom. The van der Waals surface area contributed by atoms with Crippen LogP contribution in [-0.2, 0) is 9.53 Å². The molecule has 3 heteroatoms. The average Bonchev–Trinajstić information content (AvgIpc) is 2.60. The first-order valence-electron chi connectivity index (χ1n) is 7.56. The van der Waals surface area contributed by atoms with Gasteiger partial charge in [0.2, 0.25) is 0 Å². The smallest absolute Gasteiger partial charge is 0.312 e. The number of ether oxygens (including phenoxy) is 2. The fourth-order valence-electron chi connectivity index (χ4n) is 2.11. The van der Waals surface area contributed by atoms with Gasteiger partial charge in [-0.1, -0.05) is 24.0 Å². The first-order valence-corrected chi connectivity index (χ1v) is 7.56. The summed E-state index contributed by atoms with van der Waals surface area (Å²) in [5.41, 5.74) is 2.75. The molecular formula is C20H20O3. The molecule has 0 heterocycles. The lowest BCUT2D eigenvalue weighted by Crippen LogP contribution is -2.10. The fraction of sp³-hybridized carbons (Fsp3) is 0.250. The van der Waals surface area contributed by atoms with Crippen molar-refractivity contribution >= 4 is 5.97 Å². The topological polar surface area (TPSA) is 35.5 Å². The Bertz CT molecular complexity index is 703. The highest BCUT2D eigenvalue weighted by Crippen LogP contribution is 2.17. The zero-order chi connectivity index (χ0) is 16.7. The van der Waals surface area contributed by atoms with Crippen molar-refractivity contribution in [2.45, 2.75) is 19.8 Å². The van der Waals surface area contributed by atoms with Crippen molar-refractivity contribution in [3.63, 3.8) is 0 Å². The molecule has 0 aromatic heterocycles. The number of benzene rings is 2. The lowest BCUT2D eigenvalue weighted by atomic mass is 10.00. The summed E-state index contributed by atoms with van der Waals surface area (Å²) in [5.74, 6) is 6.57. The summed E-state index contributed by atoms with van der Waals surface area (Å²) >= 11 is 0. The molecule has 0 fully saturated rings. The van der Waals surface area contributed by atoms with Gasteiger partial charge in [-0.25, -0.2) is 0 Å². The predicted octanol–water partition coefficient (Wildman–Crippen LogP) is 3.76. The molecule has 0 aliphatic heterocycles. The molecule has 3 nitrogen and oxygen atoms in total. The molecule has 0 aliphatic carbocycles. The summed E-state index contributed by atoms with van der Waals surface area (Å²) in [6, 6.07) is 15.3. The van der Waals surface area contributed by atoms with E-state index in [0.29, 0.717) is 6.61 Å². The minimum Gasteiger partial charge on any atom is -0.494 e. The van der Waals surface area contributed by atoms with Crippen LogP contribution in [0.2, 0.25) is 0 Å². The second-order valence-corrected chi connectivity index (χ2v) is 5.07. The summed E-state index contributed by atoms with van der Waals surface area (Å²) < 4.78 is 10.2.